The van der Waals surface area contributed by atoms with E-state index in [-0.39, 0.29) is 11.5 Å². The first-order valence-corrected chi connectivity index (χ1v) is 7.72. The van der Waals surface area contributed by atoms with E-state index in [9.17, 15) is 14.4 Å². The molecule has 0 aromatic heterocycles. The third-order valence-corrected chi connectivity index (χ3v) is 4.44. The molecule has 1 aliphatic rings. The maximum absolute atomic E-state index is 11.7. The number of thioether (sulfide) groups is 1. The van der Waals surface area contributed by atoms with Crippen LogP contribution in [-0.2, 0) is 19.1 Å². The molecule has 21 heavy (non-hydrogen) atoms. The summed E-state index contributed by atoms with van der Waals surface area (Å²) >= 11 is 1.38. The fourth-order valence-corrected chi connectivity index (χ4v) is 2.74. The number of ether oxygens (including phenoxy) is 1. The van der Waals surface area contributed by atoms with E-state index in [2.05, 4.69) is 10.1 Å². The molecule has 1 heterocycles. The number of aliphatic carboxylic acids is 1. The summed E-state index contributed by atoms with van der Waals surface area (Å²) in [6.07, 6.45) is 1.50. The molecule has 0 spiro atoms. The van der Waals surface area contributed by atoms with Gasteiger partial charge >= 0.3 is 17.9 Å². The molecule has 1 unspecified atom stereocenters. The minimum atomic E-state index is -1.22. The molecule has 3 atom stereocenters. The minimum Gasteiger partial charge on any atom is -0.478 e. The van der Waals surface area contributed by atoms with Crippen molar-refractivity contribution in [2.45, 2.75) is 31.7 Å². The summed E-state index contributed by atoms with van der Waals surface area (Å²) in [5, 5.41) is 11.6. The van der Waals surface area contributed by atoms with Gasteiger partial charge in [0.2, 0.25) is 0 Å². The summed E-state index contributed by atoms with van der Waals surface area (Å²) < 4.78 is 4.60. The lowest BCUT2D eigenvalue weighted by atomic mass is 10.0. The maximum Gasteiger partial charge on any atom is 0.339 e. The van der Waals surface area contributed by atoms with E-state index in [1.54, 1.807) is 6.92 Å². The number of nitrogens with two attached hydrogens (primary N) is 1. The van der Waals surface area contributed by atoms with Gasteiger partial charge in [0.05, 0.1) is 10.9 Å². The van der Waals surface area contributed by atoms with Crippen molar-refractivity contribution in [3.05, 3.63) is 11.6 Å². The number of esters is 2. The van der Waals surface area contributed by atoms with Crippen LogP contribution in [0.2, 0.25) is 0 Å². The first-order chi connectivity index (χ1) is 9.86. The molecule has 1 fully saturated rings. The van der Waals surface area contributed by atoms with Crippen LogP contribution in [0.4, 0.5) is 0 Å². The molecule has 7 nitrogen and oxygen atoms in total. The number of carbonyl (C=O) groups excluding carboxylic acids is 2. The quantitative estimate of drug-likeness (QED) is 0.359. The van der Waals surface area contributed by atoms with E-state index < -0.39 is 29.3 Å². The highest BCUT2D eigenvalue weighted by Gasteiger charge is 2.27. The monoisotopic (exact) mass is 316 g/mol. The van der Waals surface area contributed by atoms with E-state index in [1.807, 2.05) is 6.92 Å². The number of hydrogen-bond acceptors (Lipinski definition) is 7. The average molecular weight is 316 g/mol. The van der Waals surface area contributed by atoms with Crippen molar-refractivity contribution in [2.24, 2.45) is 11.7 Å². The first kappa shape index (κ1) is 17.7. The Morgan fingerprint density at radius 1 is 1.52 bits per heavy atom. The van der Waals surface area contributed by atoms with Gasteiger partial charge in [-0.3, -0.25) is 0 Å². The first-order valence-electron chi connectivity index (χ1n) is 6.67. The summed E-state index contributed by atoms with van der Waals surface area (Å²) in [5.74, 6) is -2.45. The lowest BCUT2D eigenvalue weighted by molar-refractivity contribution is -0.158. The van der Waals surface area contributed by atoms with Crippen LogP contribution >= 0.6 is 11.8 Å². The SMILES string of the molecule is CC[C@H](C)[C@H](N)C(=O)OC(=O)/C=C(/C(=O)O)C1NCCS1. The predicted molar refractivity (Wildman–Crippen MR) is 78.5 cm³/mol. The number of hydrogen-bond donors (Lipinski definition) is 3. The molecule has 0 amide bonds. The Balaban J connectivity index is 2.70. The van der Waals surface area contributed by atoms with Gasteiger partial charge in [0.25, 0.3) is 0 Å². The Hall–Kier alpha value is -1.38. The summed E-state index contributed by atoms with van der Waals surface area (Å²) in [7, 11) is 0. The van der Waals surface area contributed by atoms with E-state index in [1.165, 1.54) is 11.8 Å². The summed E-state index contributed by atoms with van der Waals surface area (Å²) in [6, 6.07) is -0.903. The highest BCUT2D eigenvalue weighted by Crippen LogP contribution is 2.21. The molecular formula is C13H20N2O5S. The van der Waals surface area contributed by atoms with Gasteiger partial charge in [-0.05, 0) is 5.92 Å². The van der Waals surface area contributed by atoms with Gasteiger partial charge in [-0.1, -0.05) is 20.3 Å². The third kappa shape index (κ3) is 5.14. The number of carboxylic acid groups (broad SMARTS) is 1. The van der Waals surface area contributed by atoms with Gasteiger partial charge in [0.1, 0.15) is 6.04 Å². The zero-order valence-corrected chi connectivity index (χ0v) is 12.8. The molecule has 8 heteroatoms. The Labute approximate surface area is 127 Å². The third-order valence-electron chi connectivity index (χ3n) is 3.25. The van der Waals surface area contributed by atoms with Crippen molar-refractivity contribution >= 4 is 29.7 Å². The molecule has 118 valence electrons. The largest absolute Gasteiger partial charge is 0.478 e. The van der Waals surface area contributed by atoms with Gasteiger partial charge in [-0.15, -0.1) is 11.8 Å². The van der Waals surface area contributed by atoms with Crippen molar-refractivity contribution in [2.75, 3.05) is 12.3 Å². The normalized spacial score (nSPS) is 21.7. The van der Waals surface area contributed by atoms with Crippen LogP contribution < -0.4 is 11.1 Å². The predicted octanol–water partition coefficient (Wildman–Crippen LogP) is 0.103. The molecule has 1 aliphatic heterocycles. The second-order valence-electron chi connectivity index (χ2n) is 4.76. The Kier molecular flexibility index (Phi) is 6.86. The zero-order chi connectivity index (χ0) is 16.0. The molecule has 0 radical (unpaired) electrons. The number of carboxylic acids is 1. The van der Waals surface area contributed by atoms with Crippen LogP contribution in [0.3, 0.4) is 0 Å². The smallest absolute Gasteiger partial charge is 0.339 e. The molecular weight excluding hydrogens is 296 g/mol. The standard InChI is InChI=1S/C13H20N2O5S/c1-3-7(2)10(14)13(19)20-9(16)6-8(12(17)18)11-15-4-5-21-11/h6-7,10-11,15H,3-5,14H2,1-2H3,(H,17,18)/b8-6+/t7-,10-,11?/m0/s1. The maximum atomic E-state index is 11.7. The van der Waals surface area contributed by atoms with Crippen molar-refractivity contribution in [1.29, 1.82) is 0 Å². The second kappa shape index (κ2) is 8.16. The van der Waals surface area contributed by atoms with Gasteiger partial charge in [-0.2, -0.15) is 0 Å². The van der Waals surface area contributed by atoms with Gasteiger partial charge in [0.15, 0.2) is 0 Å². The van der Waals surface area contributed by atoms with E-state index in [0.29, 0.717) is 13.0 Å². The van der Waals surface area contributed by atoms with E-state index in [0.717, 1.165) is 11.8 Å². The van der Waals surface area contributed by atoms with Crippen molar-refractivity contribution in [3.63, 3.8) is 0 Å². The molecule has 0 bridgehead atoms. The Morgan fingerprint density at radius 3 is 2.67 bits per heavy atom. The fraction of sp³-hybridized carbons (Fsp3) is 0.615. The van der Waals surface area contributed by atoms with Crippen molar-refractivity contribution < 1.29 is 24.2 Å². The molecule has 4 N–H and O–H groups in total. The second-order valence-corrected chi connectivity index (χ2v) is 5.97. The van der Waals surface area contributed by atoms with Gasteiger partial charge in [-0.25, -0.2) is 14.4 Å². The summed E-state index contributed by atoms with van der Waals surface area (Å²) in [5.41, 5.74) is 5.52. The average Bonchev–Trinajstić information content (AvgIpc) is 2.96. The van der Waals surface area contributed by atoms with Crippen LogP contribution in [0.25, 0.3) is 0 Å². The van der Waals surface area contributed by atoms with Crippen LogP contribution in [0.15, 0.2) is 11.6 Å². The van der Waals surface area contributed by atoms with Crippen LogP contribution in [0.1, 0.15) is 20.3 Å². The number of rotatable bonds is 6. The summed E-state index contributed by atoms with van der Waals surface area (Å²) in [4.78, 5) is 34.5. The molecule has 0 aliphatic carbocycles. The fourth-order valence-electron chi connectivity index (χ4n) is 1.68. The molecule has 1 rings (SSSR count). The van der Waals surface area contributed by atoms with E-state index in [4.69, 9.17) is 10.8 Å². The van der Waals surface area contributed by atoms with Gasteiger partial charge < -0.3 is 20.9 Å². The molecule has 1 saturated heterocycles. The lowest BCUT2D eigenvalue weighted by Gasteiger charge is -2.15. The van der Waals surface area contributed by atoms with Crippen molar-refractivity contribution in [1.82, 2.24) is 5.32 Å². The molecule has 0 saturated carbocycles. The number of carbonyl (C=O) groups is 3. The topological polar surface area (TPSA) is 119 Å². The van der Waals surface area contributed by atoms with Crippen LogP contribution in [0, 0.1) is 5.92 Å². The number of nitrogens with one attached hydrogen (secondary N) is 1. The van der Waals surface area contributed by atoms with E-state index >= 15 is 0 Å². The van der Waals surface area contributed by atoms with Crippen molar-refractivity contribution in [3.8, 4) is 0 Å². The van der Waals surface area contributed by atoms with Crippen LogP contribution in [0.5, 0.6) is 0 Å². The Morgan fingerprint density at radius 2 is 2.19 bits per heavy atom. The molecule has 0 aromatic carbocycles. The highest BCUT2D eigenvalue weighted by molar-refractivity contribution is 8.00. The zero-order valence-electron chi connectivity index (χ0n) is 12.0. The molecule has 0 aromatic rings. The highest BCUT2D eigenvalue weighted by atomic mass is 32.2. The van der Waals surface area contributed by atoms with Gasteiger partial charge in [0, 0.05) is 18.4 Å². The Bertz CT molecular complexity index is 446. The van der Waals surface area contributed by atoms with Crippen LogP contribution in [-0.4, -0.2) is 46.7 Å². The minimum absolute atomic E-state index is 0.125. The summed E-state index contributed by atoms with van der Waals surface area (Å²) in [6.45, 7) is 4.30. The lowest BCUT2D eigenvalue weighted by Crippen LogP contribution is -2.39.